The van der Waals surface area contributed by atoms with Crippen LogP contribution in [0.2, 0.25) is 10.0 Å². The first-order valence-electron chi connectivity index (χ1n) is 23.7. The van der Waals surface area contributed by atoms with Crippen LogP contribution in [0.1, 0.15) is 34.9 Å². The normalized spacial score (nSPS) is 12.3. The summed E-state index contributed by atoms with van der Waals surface area (Å²) in [5.41, 5.74) is 5.05. The number of hydrogen-bond acceptors (Lipinski definition) is 16. The standard InChI is InChI=1S/C56H51Cl2FN4O11S2/c1-7-25-69-29-40(30-72-76(66,67)41-20-13-32(3)14-21-41)73-51-49(57)33(4)46(34(5)50(51)58)47-48-54(61-31-62-55(48)75-52(47)35-15-17-37(59)18-16-35)74-45(56(65)70-8-2)27-36-26-39(64)19-22-43(36)71-28-38-23-24-60-53(63-38)42-11-9-10-12-44(42)68-6/h7,9-24,26,31,40,45,64H,1,8,25,27-30H2,2-6H3/t40-,45-/m1/s1. The number of rotatable bonds is 23. The number of para-hydroxylation sites is 1. The highest BCUT2D eigenvalue weighted by atomic mass is 35.5. The molecule has 8 rings (SSSR count). The number of benzene rings is 5. The maximum atomic E-state index is 14.5. The van der Waals surface area contributed by atoms with Crippen molar-refractivity contribution in [2.75, 3.05) is 33.5 Å². The monoisotopic (exact) mass is 1110 g/mol. The Hall–Kier alpha value is -7.19. The number of hydrogen-bond donors (Lipinski definition) is 1. The molecule has 0 unspecified atom stereocenters. The number of fused-ring (bicyclic) bond motifs is 1. The number of thiophene rings is 1. The van der Waals surface area contributed by atoms with Gasteiger partial charge in [0.2, 0.25) is 12.0 Å². The van der Waals surface area contributed by atoms with E-state index < -0.39 is 40.7 Å². The van der Waals surface area contributed by atoms with Gasteiger partial charge in [0.15, 0.2) is 11.6 Å². The van der Waals surface area contributed by atoms with Gasteiger partial charge in [-0.3, -0.25) is 4.18 Å². The number of ether oxygens (including phenoxy) is 6. The van der Waals surface area contributed by atoms with Crippen molar-refractivity contribution in [1.82, 2.24) is 19.9 Å². The molecule has 5 aromatic carbocycles. The highest BCUT2D eigenvalue weighted by Gasteiger charge is 2.32. The quantitative estimate of drug-likeness (QED) is 0.0275. The van der Waals surface area contributed by atoms with Crippen LogP contribution >= 0.6 is 34.5 Å². The van der Waals surface area contributed by atoms with Gasteiger partial charge in [-0.15, -0.1) is 17.9 Å². The molecule has 3 aromatic heterocycles. The molecule has 0 radical (unpaired) electrons. The number of aryl methyl sites for hydroxylation is 1. The summed E-state index contributed by atoms with van der Waals surface area (Å²) in [5, 5.41) is 11.3. The molecule has 0 amide bonds. The van der Waals surface area contributed by atoms with Crippen LogP contribution in [0.25, 0.3) is 43.2 Å². The van der Waals surface area contributed by atoms with Crippen LogP contribution in [0.3, 0.4) is 0 Å². The fourth-order valence-electron chi connectivity index (χ4n) is 8.16. The molecular weight excluding hydrogens is 1060 g/mol. The van der Waals surface area contributed by atoms with Gasteiger partial charge in [0.05, 0.1) is 58.5 Å². The van der Waals surface area contributed by atoms with Gasteiger partial charge in [-0.25, -0.2) is 29.1 Å². The van der Waals surface area contributed by atoms with Crippen molar-refractivity contribution < 1.29 is 55.3 Å². The summed E-state index contributed by atoms with van der Waals surface area (Å²) in [6, 6.07) is 25.7. The van der Waals surface area contributed by atoms with Crippen LogP contribution in [0.4, 0.5) is 4.39 Å². The zero-order valence-corrected chi connectivity index (χ0v) is 45.0. The first-order chi connectivity index (χ1) is 36.6. The highest BCUT2D eigenvalue weighted by Crippen LogP contribution is 2.53. The van der Waals surface area contributed by atoms with Gasteiger partial charge in [-0.1, -0.05) is 71.2 Å². The minimum absolute atomic E-state index is 0.00850. The SMILES string of the molecule is C=CCOC[C@H](COS(=O)(=O)c1ccc(C)cc1)Oc1c(Cl)c(C)c(-c2c(-c3ccc(F)cc3)sc3ncnc(O[C@H](Cc4cc(O)ccc4OCc4ccnc(-c5ccccc5OC)n4)C(=O)OCC)c23)c(C)c1Cl. The van der Waals surface area contributed by atoms with Gasteiger partial charge < -0.3 is 33.5 Å². The molecule has 76 heavy (non-hydrogen) atoms. The Morgan fingerprint density at radius 1 is 0.882 bits per heavy atom. The molecule has 15 nitrogen and oxygen atoms in total. The number of esters is 1. The van der Waals surface area contributed by atoms with Crippen LogP contribution in [-0.4, -0.2) is 85.2 Å². The maximum absolute atomic E-state index is 14.5. The lowest BCUT2D eigenvalue weighted by Gasteiger charge is -2.24. The Balaban J connectivity index is 1.17. The average Bonchev–Trinajstić information content (AvgIpc) is 3.80. The number of aromatic hydroxyl groups is 1. The number of aromatic nitrogens is 4. The molecule has 0 saturated heterocycles. The van der Waals surface area contributed by atoms with Crippen molar-refractivity contribution in [3.63, 3.8) is 0 Å². The van der Waals surface area contributed by atoms with Crippen molar-refractivity contribution in [3.05, 3.63) is 166 Å². The van der Waals surface area contributed by atoms with E-state index in [0.29, 0.717) is 77.1 Å². The second-order valence-electron chi connectivity index (χ2n) is 17.1. The molecular formula is C56H51Cl2FN4O11S2. The number of phenols is 1. The van der Waals surface area contributed by atoms with Crippen LogP contribution in [0.15, 0.2) is 127 Å². The largest absolute Gasteiger partial charge is 0.508 e. The molecule has 1 N–H and O–H groups in total. The fourth-order valence-corrected chi connectivity index (χ4v) is 10.8. The van der Waals surface area contributed by atoms with Crippen LogP contribution in [-0.2, 0) is 41.6 Å². The van der Waals surface area contributed by atoms with Crippen LogP contribution in [0.5, 0.6) is 28.9 Å². The summed E-state index contributed by atoms with van der Waals surface area (Å²) < 4.78 is 82.7. The molecule has 0 aliphatic carbocycles. The number of carbonyl (C=O) groups is 1. The fraction of sp³-hybridized carbons (Fsp3) is 0.232. The van der Waals surface area contributed by atoms with E-state index in [4.69, 9.17) is 60.8 Å². The van der Waals surface area contributed by atoms with Gasteiger partial charge in [-0.2, -0.15) is 8.42 Å². The molecule has 0 spiro atoms. The summed E-state index contributed by atoms with van der Waals surface area (Å²) in [6.07, 6.45) is 1.87. The summed E-state index contributed by atoms with van der Waals surface area (Å²) >= 11 is 15.8. The van der Waals surface area contributed by atoms with E-state index in [1.54, 1.807) is 70.5 Å². The topological polar surface area (TPSA) is 188 Å². The molecule has 3 heterocycles. The average molecular weight is 1110 g/mol. The van der Waals surface area contributed by atoms with E-state index in [1.165, 1.54) is 60.1 Å². The maximum Gasteiger partial charge on any atom is 0.347 e. The van der Waals surface area contributed by atoms with Gasteiger partial charge in [0, 0.05) is 28.6 Å². The lowest BCUT2D eigenvalue weighted by atomic mass is 9.92. The Labute approximate surface area is 452 Å². The van der Waals surface area contributed by atoms with Crippen molar-refractivity contribution in [1.29, 1.82) is 0 Å². The first-order valence-corrected chi connectivity index (χ1v) is 26.6. The van der Waals surface area contributed by atoms with Gasteiger partial charge in [0.1, 0.15) is 53.5 Å². The number of carbonyl (C=O) groups excluding carboxylic acids is 1. The number of halogens is 3. The van der Waals surface area contributed by atoms with E-state index >= 15 is 0 Å². The van der Waals surface area contributed by atoms with Crippen LogP contribution in [0, 0.1) is 26.6 Å². The molecule has 0 aliphatic heterocycles. The minimum Gasteiger partial charge on any atom is -0.508 e. The molecule has 394 valence electrons. The van der Waals surface area contributed by atoms with E-state index in [1.807, 2.05) is 31.2 Å². The predicted molar refractivity (Wildman–Crippen MR) is 289 cm³/mol. The van der Waals surface area contributed by atoms with E-state index in [-0.39, 0.29) is 65.2 Å². The molecule has 8 aromatic rings. The van der Waals surface area contributed by atoms with Crippen molar-refractivity contribution >= 4 is 60.8 Å². The first kappa shape index (κ1) is 55.1. The third-order valence-corrected chi connectivity index (χ3v) is 15.2. The van der Waals surface area contributed by atoms with E-state index in [0.717, 1.165) is 5.56 Å². The predicted octanol–water partition coefficient (Wildman–Crippen LogP) is 12.1. The molecule has 20 heteroatoms. The summed E-state index contributed by atoms with van der Waals surface area (Å²) in [6.45, 7) is 10.2. The second-order valence-corrected chi connectivity index (χ2v) is 20.5. The number of phenolic OH excluding ortho intramolecular Hbond substituents is 1. The third kappa shape index (κ3) is 12.6. The molecule has 0 fully saturated rings. The Morgan fingerprint density at radius 3 is 2.33 bits per heavy atom. The second kappa shape index (κ2) is 24.7. The zero-order chi connectivity index (χ0) is 54.1. The summed E-state index contributed by atoms with van der Waals surface area (Å²) in [5.74, 6) is 0.0717. The number of nitrogens with zero attached hydrogens (tertiary/aromatic N) is 4. The van der Waals surface area contributed by atoms with Crippen LogP contribution < -0.4 is 18.9 Å². The Kier molecular flexibility index (Phi) is 17.9. The van der Waals surface area contributed by atoms with Crippen molar-refractivity contribution in [3.8, 4) is 61.8 Å². The molecule has 0 bridgehead atoms. The smallest absolute Gasteiger partial charge is 0.347 e. The minimum atomic E-state index is -4.21. The van der Waals surface area contributed by atoms with Crippen molar-refractivity contribution in [2.45, 2.75) is 57.8 Å². The van der Waals surface area contributed by atoms with Gasteiger partial charge in [-0.05, 0) is 111 Å². The highest BCUT2D eigenvalue weighted by molar-refractivity contribution is 7.86. The van der Waals surface area contributed by atoms with Gasteiger partial charge in [0.25, 0.3) is 10.1 Å². The third-order valence-electron chi connectivity index (χ3n) is 11.8. The van der Waals surface area contributed by atoms with Crippen molar-refractivity contribution in [2.24, 2.45) is 0 Å². The number of methoxy groups -OCH3 is 1. The molecule has 2 atom stereocenters. The lowest BCUT2D eigenvalue weighted by molar-refractivity contribution is -0.151. The zero-order valence-electron chi connectivity index (χ0n) is 41.8. The Morgan fingerprint density at radius 2 is 1.62 bits per heavy atom. The summed E-state index contributed by atoms with van der Waals surface area (Å²) in [7, 11) is -2.64. The van der Waals surface area contributed by atoms with Gasteiger partial charge >= 0.3 is 5.97 Å². The summed E-state index contributed by atoms with van der Waals surface area (Å²) in [4.78, 5) is 33.4. The molecule has 0 aliphatic rings. The van der Waals surface area contributed by atoms with E-state index in [2.05, 4.69) is 21.5 Å². The molecule has 0 saturated carbocycles. The lowest BCUT2D eigenvalue weighted by Crippen LogP contribution is -2.32. The van der Waals surface area contributed by atoms with E-state index in [9.17, 15) is 22.7 Å². The Bertz CT molecular complexity index is 3480.